The zero-order valence-corrected chi connectivity index (χ0v) is 10.3. The van der Waals surface area contributed by atoms with Gasteiger partial charge in [0.05, 0.1) is 6.61 Å². The molecule has 0 aliphatic carbocycles. The lowest BCUT2D eigenvalue weighted by atomic mass is 9.99. The first-order valence-corrected chi connectivity index (χ1v) is 6.28. The molecule has 1 heterocycles. The second-order valence-electron chi connectivity index (χ2n) is 4.51. The lowest BCUT2D eigenvalue weighted by molar-refractivity contribution is 0.131. The number of methoxy groups -OCH3 is 1. The Hall–Kier alpha value is -0.120. The first-order valence-electron chi connectivity index (χ1n) is 6.28. The van der Waals surface area contributed by atoms with Crippen LogP contribution in [0, 0.1) is 5.92 Å². The number of rotatable bonds is 7. The standard InChI is InChI=1S/C12H26N2O/c1-3-7-14(8-9-15-2)11-12-5-4-6-13-10-12/h12-13H,3-11H2,1-2H3. The maximum atomic E-state index is 5.15. The van der Waals surface area contributed by atoms with E-state index in [1.165, 1.54) is 45.4 Å². The van der Waals surface area contributed by atoms with Crippen LogP contribution in [0.15, 0.2) is 0 Å². The molecule has 0 amide bonds. The highest BCUT2D eigenvalue weighted by Crippen LogP contribution is 2.11. The van der Waals surface area contributed by atoms with Crippen LogP contribution >= 0.6 is 0 Å². The fourth-order valence-corrected chi connectivity index (χ4v) is 2.28. The van der Waals surface area contributed by atoms with Gasteiger partial charge in [-0.2, -0.15) is 0 Å². The monoisotopic (exact) mass is 214 g/mol. The Labute approximate surface area is 94.2 Å². The molecule has 1 N–H and O–H groups in total. The van der Waals surface area contributed by atoms with Gasteiger partial charge in [0.1, 0.15) is 0 Å². The molecule has 1 unspecified atom stereocenters. The molecule has 3 heteroatoms. The molecule has 15 heavy (non-hydrogen) atoms. The van der Waals surface area contributed by atoms with Crippen molar-refractivity contribution in [3.8, 4) is 0 Å². The van der Waals surface area contributed by atoms with Crippen LogP contribution in [0.25, 0.3) is 0 Å². The van der Waals surface area contributed by atoms with Crippen molar-refractivity contribution in [2.45, 2.75) is 26.2 Å². The van der Waals surface area contributed by atoms with E-state index in [0.717, 1.165) is 19.1 Å². The van der Waals surface area contributed by atoms with Crippen molar-refractivity contribution in [2.75, 3.05) is 46.4 Å². The predicted octanol–water partition coefficient (Wildman–Crippen LogP) is 1.34. The molecule has 90 valence electrons. The van der Waals surface area contributed by atoms with Crippen LogP contribution < -0.4 is 5.32 Å². The molecule has 0 spiro atoms. The molecule has 1 aliphatic rings. The molecule has 0 aromatic rings. The zero-order valence-electron chi connectivity index (χ0n) is 10.3. The summed E-state index contributed by atoms with van der Waals surface area (Å²) >= 11 is 0. The van der Waals surface area contributed by atoms with E-state index in [1.54, 1.807) is 7.11 Å². The topological polar surface area (TPSA) is 24.5 Å². The number of nitrogens with one attached hydrogen (secondary N) is 1. The van der Waals surface area contributed by atoms with Gasteiger partial charge in [-0.1, -0.05) is 6.92 Å². The summed E-state index contributed by atoms with van der Waals surface area (Å²) in [5.74, 6) is 0.849. The number of hydrogen-bond acceptors (Lipinski definition) is 3. The predicted molar refractivity (Wildman–Crippen MR) is 64.2 cm³/mol. The summed E-state index contributed by atoms with van der Waals surface area (Å²) in [6.45, 7) is 9.06. The Kier molecular flexibility index (Phi) is 6.98. The van der Waals surface area contributed by atoms with E-state index < -0.39 is 0 Å². The average Bonchev–Trinajstić information content (AvgIpc) is 2.28. The molecule has 0 aromatic carbocycles. The number of hydrogen-bond donors (Lipinski definition) is 1. The van der Waals surface area contributed by atoms with Crippen LogP contribution in [0.1, 0.15) is 26.2 Å². The molecule has 0 saturated carbocycles. The van der Waals surface area contributed by atoms with E-state index in [9.17, 15) is 0 Å². The molecule has 0 aromatic heterocycles. The van der Waals surface area contributed by atoms with Gasteiger partial charge in [0.2, 0.25) is 0 Å². The fraction of sp³-hybridized carbons (Fsp3) is 1.00. The summed E-state index contributed by atoms with van der Waals surface area (Å²) in [5, 5.41) is 3.48. The maximum Gasteiger partial charge on any atom is 0.0589 e. The third-order valence-electron chi connectivity index (χ3n) is 3.07. The van der Waals surface area contributed by atoms with Crippen LogP contribution in [0.2, 0.25) is 0 Å². The van der Waals surface area contributed by atoms with Crippen LogP contribution in [0.3, 0.4) is 0 Å². The van der Waals surface area contributed by atoms with Gasteiger partial charge in [-0.15, -0.1) is 0 Å². The van der Waals surface area contributed by atoms with Gasteiger partial charge in [-0.3, -0.25) is 0 Å². The van der Waals surface area contributed by atoms with Crippen LogP contribution in [-0.4, -0.2) is 51.3 Å². The third kappa shape index (κ3) is 5.50. The van der Waals surface area contributed by atoms with Crippen LogP contribution in [0.5, 0.6) is 0 Å². The van der Waals surface area contributed by atoms with Gasteiger partial charge >= 0.3 is 0 Å². The van der Waals surface area contributed by atoms with Crippen molar-refractivity contribution in [2.24, 2.45) is 5.92 Å². The quantitative estimate of drug-likeness (QED) is 0.692. The summed E-state index contributed by atoms with van der Waals surface area (Å²) in [6, 6.07) is 0. The minimum Gasteiger partial charge on any atom is -0.383 e. The van der Waals surface area contributed by atoms with Gasteiger partial charge in [0.15, 0.2) is 0 Å². The van der Waals surface area contributed by atoms with Crippen molar-refractivity contribution in [3.05, 3.63) is 0 Å². The molecule has 1 saturated heterocycles. The van der Waals surface area contributed by atoms with Crippen molar-refractivity contribution in [3.63, 3.8) is 0 Å². The van der Waals surface area contributed by atoms with Crippen molar-refractivity contribution < 1.29 is 4.74 Å². The van der Waals surface area contributed by atoms with Gasteiger partial charge in [-0.05, 0) is 44.8 Å². The van der Waals surface area contributed by atoms with Crippen LogP contribution in [-0.2, 0) is 4.74 Å². The van der Waals surface area contributed by atoms with Gasteiger partial charge < -0.3 is 15.0 Å². The lowest BCUT2D eigenvalue weighted by Crippen LogP contribution is -2.39. The average molecular weight is 214 g/mol. The largest absolute Gasteiger partial charge is 0.383 e. The van der Waals surface area contributed by atoms with E-state index in [4.69, 9.17) is 4.74 Å². The first-order chi connectivity index (χ1) is 7.36. The molecule has 1 atom stereocenters. The van der Waals surface area contributed by atoms with Crippen LogP contribution in [0.4, 0.5) is 0 Å². The molecular formula is C12H26N2O. The minimum absolute atomic E-state index is 0.849. The van der Waals surface area contributed by atoms with E-state index in [2.05, 4.69) is 17.1 Å². The molecule has 3 nitrogen and oxygen atoms in total. The Morgan fingerprint density at radius 1 is 1.40 bits per heavy atom. The second-order valence-corrected chi connectivity index (χ2v) is 4.51. The summed E-state index contributed by atoms with van der Waals surface area (Å²) < 4.78 is 5.15. The highest BCUT2D eigenvalue weighted by Gasteiger charge is 2.16. The smallest absolute Gasteiger partial charge is 0.0589 e. The van der Waals surface area contributed by atoms with Gasteiger partial charge in [-0.25, -0.2) is 0 Å². The molecule has 1 fully saturated rings. The zero-order chi connectivity index (χ0) is 10.9. The first kappa shape index (κ1) is 12.9. The molecule has 0 bridgehead atoms. The Bertz CT molecular complexity index is 147. The maximum absolute atomic E-state index is 5.15. The van der Waals surface area contributed by atoms with Gasteiger partial charge in [0.25, 0.3) is 0 Å². The summed E-state index contributed by atoms with van der Waals surface area (Å²) in [5.41, 5.74) is 0. The van der Waals surface area contributed by atoms with E-state index in [1.807, 2.05) is 0 Å². The van der Waals surface area contributed by atoms with Crippen molar-refractivity contribution >= 4 is 0 Å². The number of piperidine rings is 1. The van der Waals surface area contributed by atoms with E-state index >= 15 is 0 Å². The molecule has 1 aliphatic heterocycles. The third-order valence-corrected chi connectivity index (χ3v) is 3.07. The SMILES string of the molecule is CCCN(CCOC)CC1CCCNC1. The lowest BCUT2D eigenvalue weighted by Gasteiger charge is -2.29. The minimum atomic E-state index is 0.849. The Morgan fingerprint density at radius 3 is 2.87 bits per heavy atom. The second kappa shape index (κ2) is 8.08. The molecule has 0 radical (unpaired) electrons. The van der Waals surface area contributed by atoms with Crippen molar-refractivity contribution in [1.82, 2.24) is 10.2 Å². The summed E-state index contributed by atoms with van der Waals surface area (Å²) in [4.78, 5) is 2.54. The van der Waals surface area contributed by atoms with E-state index in [-0.39, 0.29) is 0 Å². The van der Waals surface area contributed by atoms with Crippen molar-refractivity contribution in [1.29, 1.82) is 0 Å². The summed E-state index contributed by atoms with van der Waals surface area (Å²) in [6.07, 6.45) is 3.97. The molecule has 1 rings (SSSR count). The normalized spacial score (nSPS) is 22.2. The number of nitrogens with zero attached hydrogens (tertiary/aromatic N) is 1. The highest BCUT2D eigenvalue weighted by molar-refractivity contribution is 4.72. The Morgan fingerprint density at radius 2 is 2.27 bits per heavy atom. The fourth-order valence-electron chi connectivity index (χ4n) is 2.28. The number of ether oxygens (including phenoxy) is 1. The highest BCUT2D eigenvalue weighted by atomic mass is 16.5. The molecular weight excluding hydrogens is 188 g/mol. The Balaban J connectivity index is 2.21. The van der Waals surface area contributed by atoms with Gasteiger partial charge in [0, 0.05) is 20.2 Å². The summed E-state index contributed by atoms with van der Waals surface area (Å²) in [7, 11) is 1.78. The van der Waals surface area contributed by atoms with E-state index in [0.29, 0.717) is 0 Å².